The number of aromatic nitrogens is 2. The van der Waals surface area contributed by atoms with E-state index in [0.717, 1.165) is 10.8 Å². The molecule has 3 N–H and O–H groups in total. The molecule has 18 heavy (non-hydrogen) atoms. The maximum atomic E-state index is 11.9. The standard InChI is InChI=1S/C11H12N2O5/c1-2-6-4-12-11(17)13(10(6)16)9-3-7(15)8(5-14)18-9/h1,4,7-9,14-15H,3,5H2,(H,12,17)/t7-,8-,9-/m1/s1. The smallest absolute Gasteiger partial charge is 0.330 e. The summed E-state index contributed by atoms with van der Waals surface area (Å²) in [6, 6.07) is 0. The van der Waals surface area contributed by atoms with Crippen LogP contribution in [0.4, 0.5) is 0 Å². The van der Waals surface area contributed by atoms with Gasteiger partial charge < -0.3 is 19.9 Å². The van der Waals surface area contributed by atoms with Crippen molar-refractivity contribution in [1.29, 1.82) is 0 Å². The summed E-state index contributed by atoms with van der Waals surface area (Å²) in [7, 11) is 0. The molecule has 1 aromatic heterocycles. The summed E-state index contributed by atoms with van der Waals surface area (Å²) in [4.78, 5) is 25.8. The Morgan fingerprint density at radius 1 is 1.61 bits per heavy atom. The molecule has 3 atom stereocenters. The van der Waals surface area contributed by atoms with Gasteiger partial charge in [0.25, 0.3) is 5.56 Å². The maximum Gasteiger partial charge on any atom is 0.330 e. The summed E-state index contributed by atoms with van der Waals surface area (Å²) in [5, 5.41) is 18.5. The number of aromatic amines is 1. The molecule has 7 heteroatoms. The molecule has 1 aromatic rings. The molecule has 0 bridgehead atoms. The number of ether oxygens (including phenoxy) is 1. The first-order valence-electron chi connectivity index (χ1n) is 5.33. The molecule has 0 amide bonds. The number of nitrogens with one attached hydrogen (secondary N) is 1. The molecule has 0 aliphatic carbocycles. The number of nitrogens with zero attached hydrogens (tertiary/aromatic N) is 1. The molecule has 0 saturated carbocycles. The van der Waals surface area contributed by atoms with Gasteiger partial charge in [-0.2, -0.15) is 0 Å². The Morgan fingerprint density at radius 3 is 2.89 bits per heavy atom. The summed E-state index contributed by atoms with van der Waals surface area (Å²) in [5.74, 6) is 2.15. The highest BCUT2D eigenvalue weighted by Gasteiger charge is 2.36. The molecule has 1 aliphatic heterocycles. The molecule has 2 heterocycles. The fourth-order valence-corrected chi connectivity index (χ4v) is 1.89. The van der Waals surface area contributed by atoms with Gasteiger partial charge in [0.15, 0.2) is 0 Å². The molecule has 1 aliphatic rings. The molecule has 0 spiro atoms. The average Bonchev–Trinajstić information content (AvgIpc) is 2.70. The van der Waals surface area contributed by atoms with Crippen LogP contribution in [-0.2, 0) is 4.74 Å². The lowest BCUT2D eigenvalue weighted by atomic mass is 10.2. The second kappa shape index (κ2) is 4.78. The number of aliphatic hydroxyl groups excluding tert-OH is 2. The van der Waals surface area contributed by atoms with Crippen LogP contribution < -0.4 is 11.2 Å². The van der Waals surface area contributed by atoms with E-state index in [1.165, 1.54) is 0 Å². The van der Waals surface area contributed by atoms with Crippen LogP contribution in [0.5, 0.6) is 0 Å². The van der Waals surface area contributed by atoms with Crippen LogP contribution in [0.15, 0.2) is 15.8 Å². The maximum absolute atomic E-state index is 11.9. The SMILES string of the molecule is C#Cc1c[nH]c(=O)n([C@H]2C[C@@H](O)[C@@H](CO)O2)c1=O. The predicted molar refractivity (Wildman–Crippen MR) is 60.9 cm³/mol. The lowest BCUT2D eigenvalue weighted by Crippen LogP contribution is -2.39. The fourth-order valence-electron chi connectivity index (χ4n) is 1.89. The normalized spacial score (nSPS) is 27.1. The Labute approximate surface area is 102 Å². The Morgan fingerprint density at radius 2 is 2.33 bits per heavy atom. The van der Waals surface area contributed by atoms with Crippen LogP contribution in [0.25, 0.3) is 0 Å². The molecular weight excluding hydrogens is 240 g/mol. The largest absolute Gasteiger partial charge is 0.394 e. The van der Waals surface area contributed by atoms with E-state index in [4.69, 9.17) is 16.3 Å². The number of hydrogen-bond donors (Lipinski definition) is 3. The van der Waals surface area contributed by atoms with E-state index in [1.54, 1.807) is 0 Å². The van der Waals surface area contributed by atoms with Gasteiger partial charge in [0, 0.05) is 12.6 Å². The minimum absolute atomic E-state index is 0.000128. The van der Waals surface area contributed by atoms with Crippen LogP contribution in [0, 0.1) is 12.3 Å². The topological polar surface area (TPSA) is 105 Å². The quantitative estimate of drug-likeness (QED) is 0.536. The highest BCUT2D eigenvalue weighted by atomic mass is 16.5. The minimum atomic E-state index is -0.930. The van der Waals surface area contributed by atoms with Gasteiger partial charge in [0.05, 0.1) is 12.7 Å². The first-order chi connectivity index (χ1) is 8.58. The van der Waals surface area contributed by atoms with Crippen LogP contribution in [0.1, 0.15) is 18.2 Å². The van der Waals surface area contributed by atoms with E-state index in [1.807, 2.05) is 0 Å². The Bertz CT molecular complexity index is 597. The summed E-state index contributed by atoms with van der Waals surface area (Å²) < 4.78 is 6.06. The zero-order valence-electron chi connectivity index (χ0n) is 9.37. The number of terminal acetylenes is 1. The monoisotopic (exact) mass is 252 g/mol. The van der Waals surface area contributed by atoms with Crippen molar-refractivity contribution >= 4 is 0 Å². The predicted octanol–water partition coefficient (Wildman–Crippen LogP) is -1.84. The Balaban J connectivity index is 2.45. The van der Waals surface area contributed by atoms with Gasteiger partial charge in [-0.3, -0.25) is 4.79 Å². The van der Waals surface area contributed by atoms with Crippen LogP contribution >= 0.6 is 0 Å². The highest BCUT2D eigenvalue weighted by Crippen LogP contribution is 2.26. The van der Waals surface area contributed by atoms with E-state index >= 15 is 0 Å². The van der Waals surface area contributed by atoms with Gasteiger partial charge in [0.1, 0.15) is 17.9 Å². The number of aliphatic hydroxyl groups is 2. The summed E-state index contributed by atoms with van der Waals surface area (Å²) in [5.41, 5.74) is -1.33. The molecule has 96 valence electrons. The Kier molecular flexibility index (Phi) is 3.34. The molecule has 1 saturated heterocycles. The number of hydrogen-bond acceptors (Lipinski definition) is 5. The second-order valence-electron chi connectivity index (χ2n) is 3.94. The molecular formula is C11H12N2O5. The summed E-state index contributed by atoms with van der Waals surface area (Å²) in [6.07, 6.45) is 3.66. The van der Waals surface area contributed by atoms with Crippen molar-refractivity contribution in [1.82, 2.24) is 9.55 Å². The molecule has 0 radical (unpaired) electrons. The third kappa shape index (κ3) is 1.97. The third-order valence-electron chi connectivity index (χ3n) is 2.84. The molecule has 0 aromatic carbocycles. The first-order valence-corrected chi connectivity index (χ1v) is 5.33. The molecule has 2 rings (SSSR count). The third-order valence-corrected chi connectivity index (χ3v) is 2.84. The van der Waals surface area contributed by atoms with Gasteiger partial charge in [-0.05, 0) is 0 Å². The van der Waals surface area contributed by atoms with E-state index in [2.05, 4.69) is 10.9 Å². The molecule has 1 fully saturated rings. The van der Waals surface area contributed by atoms with Gasteiger partial charge in [-0.15, -0.1) is 6.42 Å². The lowest BCUT2D eigenvalue weighted by molar-refractivity contribution is -0.0469. The van der Waals surface area contributed by atoms with Crippen molar-refractivity contribution in [3.8, 4) is 12.3 Å². The summed E-state index contributed by atoms with van der Waals surface area (Å²) in [6.45, 7) is -0.390. The van der Waals surface area contributed by atoms with Crippen molar-refractivity contribution in [2.45, 2.75) is 24.9 Å². The van der Waals surface area contributed by atoms with Gasteiger partial charge in [-0.1, -0.05) is 5.92 Å². The van der Waals surface area contributed by atoms with Crippen molar-refractivity contribution in [2.24, 2.45) is 0 Å². The van der Waals surface area contributed by atoms with Gasteiger partial charge in [-0.25, -0.2) is 9.36 Å². The highest BCUT2D eigenvalue weighted by molar-refractivity contribution is 5.26. The van der Waals surface area contributed by atoms with Crippen molar-refractivity contribution in [2.75, 3.05) is 6.61 Å². The number of rotatable bonds is 2. The number of H-pyrrole nitrogens is 1. The van der Waals surface area contributed by atoms with Crippen molar-refractivity contribution in [3.05, 3.63) is 32.6 Å². The van der Waals surface area contributed by atoms with Crippen LogP contribution in [0.3, 0.4) is 0 Å². The second-order valence-corrected chi connectivity index (χ2v) is 3.94. The summed E-state index contributed by atoms with van der Waals surface area (Å²) >= 11 is 0. The van der Waals surface area contributed by atoms with E-state index in [9.17, 15) is 14.7 Å². The van der Waals surface area contributed by atoms with Crippen molar-refractivity contribution < 1.29 is 14.9 Å². The van der Waals surface area contributed by atoms with Gasteiger partial charge in [0.2, 0.25) is 0 Å². The molecule has 7 nitrogen and oxygen atoms in total. The van der Waals surface area contributed by atoms with Gasteiger partial charge >= 0.3 is 5.69 Å². The van der Waals surface area contributed by atoms with Crippen LogP contribution in [-0.4, -0.2) is 38.6 Å². The van der Waals surface area contributed by atoms with Crippen molar-refractivity contribution in [3.63, 3.8) is 0 Å². The zero-order chi connectivity index (χ0) is 13.3. The first kappa shape index (κ1) is 12.6. The Hall–Kier alpha value is -1.88. The zero-order valence-corrected chi connectivity index (χ0v) is 9.37. The van der Waals surface area contributed by atoms with E-state index in [0.29, 0.717) is 0 Å². The minimum Gasteiger partial charge on any atom is -0.394 e. The van der Waals surface area contributed by atoms with E-state index < -0.39 is 29.7 Å². The van der Waals surface area contributed by atoms with E-state index in [-0.39, 0.29) is 18.6 Å². The average molecular weight is 252 g/mol. The fraction of sp³-hybridized carbons (Fsp3) is 0.455. The molecule has 0 unspecified atom stereocenters. The van der Waals surface area contributed by atoms with Crippen LogP contribution in [0.2, 0.25) is 0 Å². The lowest BCUT2D eigenvalue weighted by Gasteiger charge is -2.13.